The average molecular weight is 290 g/mol. The van der Waals surface area contributed by atoms with Crippen LogP contribution in [0.3, 0.4) is 0 Å². The minimum Gasteiger partial charge on any atom is -0.478 e. The lowest BCUT2D eigenvalue weighted by atomic mass is 10.4. The zero-order valence-corrected chi connectivity index (χ0v) is 10.8. The SMILES string of the molecule is C=C(C)C(=O)O.O=P(O)(O)O.OCCOCCO. The summed E-state index contributed by atoms with van der Waals surface area (Å²) >= 11 is 0. The molecular weight excluding hydrogens is 271 g/mol. The Hall–Kier alpha value is -0.800. The number of hydrogen-bond donors (Lipinski definition) is 6. The summed E-state index contributed by atoms with van der Waals surface area (Å²) in [4.78, 5) is 31.2. The van der Waals surface area contributed by atoms with Crippen LogP contribution >= 0.6 is 7.82 Å². The maximum absolute atomic E-state index is 9.60. The van der Waals surface area contributed by atoms with Crippen LogP contribution in [0.15, 0.2) is 12.2 Å². The molecule has 0 saturated carbocycles. The first-order chi connectivity index (χ1) is 8.06. The molecule has 0 aliphatic heterocycles. The fraction of sp³-hybridized carbons (Fsp3) is 0.625. The Balaban J connectivity index is -0.000000190. The summed E-state index contributed by atoms with van der Waals surface area (Å²) in [6.07, 6.45) is 0. The van der Waals surface area contributed by atoms with Gasteiger partial charge in [0.25, 0.3) is 0 Å². The van der Waals surface area contributed by atoms with E-state index in [2.05, 4.69) is 11.3 Å². The molecule has 0 aromatic heterocycles. The number of ether oxygens (including phenoxy) is 1. The molecule has 0 amide bonds. The van der Waals surface area contributed by atoms with Gasteiger partial charge in [0.2, 0.25) is 0 Å². The minimum absolute atomic E-state index is 0.0278. The van der Waals surface area contributed by atoms with E-state index < -0.39 is 13.8 Å². The van der Waals surface area contributed by atoms with Crippen molar-refractivity contribution in [2.45, 2.75) is 6.92 Å². The van der Waals surface area contributed by atoms with Crippen molar-refractivity contribution >= 4 is 13.8 Å². The zero-order chi connectivity index (χ0) is 15.2. The minimum atomic E-state index is -4.64. The van der Waals surface area contributed by atoms with E-state index in [1.54, 1.807) is 0 Å². The Labute approximate surface area is 104 Å². The van der Waals surface area contributed by atoms with Crippen LogP contribution in [0.4, 0.5) is 0 Å². The van der Waals surface area contributed by atoms with Gasteiger partial charge in [0.05, 0.1) is 26.4 Å². The van der Waals surface area contributed by atoms with Crippen LogP contribution in [0.2, 0.25) is 0 Å². The second-order valence-electron chi connectivity index (χ2n) is 2.66. The summed E-state index contributed by atoms with van der Waals surface area (Å²) in [6, 6.07) is 0. The topological polar surface area (TPSA) is 165 Å². The number of aliphatic hydroxyl groups excluding tert-OH is 2. The predicted molar refractivity (Wildman–Crippen MR) is 61.7 cm³/mol. The van der Waals surface area contributed by atoms with E-state index in [0.29, 0.717) is 13.2 Å². The lowest BCUT2D eigenvalue weighted by Gasteiger charge is -1.94. The van der Waals surface area contributed by atoms with Gasteiger partial charge >= 0.3 is 13.8 Å². The monoisotopic (exact) mass is 290 g/mol. The standard InChI is InChI=1S/C4H10O3.C4H6O2.H3O4P/c5-1-3-7-4-2-6;1-3(2)4(5)6;1-5(2,3)4/h5-6H,1-4H2;1H2,2H3,(H,5,6);(H3,1,2,3,4). The van der Waals surface area contributed by atoms with Crippen molar-refractivity contribution < 1.29 is 44.1 Å². The zero-order valence-electron chi connectivity index (χ0n) is 9.89. The molecule has 0 aliphatic carbocycles. The second-order valence-corrected chi connectivity index (χ2v) is 3.68. The first-order valence-electron chi connectivity index (χ1n) is 4.52. The molecule has 0 bridgehead atoms. The summed E-state index contributed by atoms with van der Waals surface area (Å²) in [5, 5.41) is 24.1. The highest BCUT2D eigenvalue weighted by molar-refractivity contribution is 7.45. The Bertz CT molecular complexity index is 235. The van der Waals surface area contributed by atoms with Gasteiger partial charge in [0, 0.05) is 5.57 Å². The molecule has 0 aromatic carbocycles. The van der Waals surface area contributed by atoms with Gasteiger partial charge in [0.15, 0.2) is 0 Å². The summed E-state index contributed by atoms with van der Waals surface area (Å²) < 4.78 is 13.5. The second kappa shape index (κ2) is 14.3. The highest BCUT2D eigenvalue weighted by Crippen LogP contribution is 2.25. The van der Waals surface area contributed by atoms with E-state index in [1.165, 1.54) is 6.92 Å². The van der Waals surface area contributed by atoms with E-state index in [1.807, 2.05) is 0 Å². The Kier molecular flexibility index (Phi) is 17.7. The summed E-state index contributed by atoms with van der Waals surface area (Å²) in [7, 11) is -4.64. The molecule has 10 heteroatoms. The van der Waals surface area contributed by atoms with Gasteiger partial charge in [-0.1, -0.05) is 6.58 Å². The lowest BCUT2D eigenvalue weighted by Crippen LogP contribution is -2.03. The molecule has 0 spiro atoms. The van der Waals surface area contributed by atoms with E-state index in [9.17, 15) is 4.79 Å². The van der Waals surface area contributed by atoms with E-state index in [0.717, 1.165) is 0 Å². The molecular formula is C8H19O9P. The molecule has 0 heterocycles. The molecule has 6 N–H and O–H groups in total. The molecule has 9 nitrogen and oxygen atoms in total. The molecule has 0 fully saturated rings. The number of carboxylic acids is 1. The predicted octanol–water partition coefficient (Wildman–Crippen LogP) is -1.29. The van der Waals surface area contributed by atoms with Crippen LogP contribution in [0.1, 0.15) is 6.92 Å². The van der Waals surface area contributed by atoms with Crippen molar-refractivity contribution in [3.8, 4) is 0 Å². The Morgan fingerprint density at radius 1 is 1.17 bits per heavy atom. The molecule has 0 radical (unpaired) electrons. The van der Waals surface area contributed by atoms with Gasteiger partial charge in [-0.3, -0.25) is 0 Å². The number of hydrogen-bond acceptors (Lipinski definition) is 5. The first kappa shape index (κ1) is 22.4. The molecule has 0 aliphatic rings. The van der Waals surface area contributed by atoms with Crippen molar-refractivity contribution in [2.24, 2.45) is 0 Å². The maximum Gasteiger partial charge on any atom is 0.466 e. The fourth-order valence-corrected chi connectivity index (χ4v) is 0.231. The number of carboxylic acid groups (broad SMARTS) is 1. The number of rotatable bonds is 5. The van der Waals surface area contributed by atoms with Gasteiger partial charge in [-0.25, -0.2) is 9.36 Å². The maximum atomic E-state index is 9.60. The largest absolute Gasteiger partial charge is 0.478 e. The number of aliphatic hydroxyl groups is 2. The van der Waals surface area contributed by atoms with Crippen LogP contribution < -0.4 is 0 Å². The molecule has 18 heavy (non-hydrogen) atoms. The van der Waals surface area contributed by atoms with E-state index in [4.69, 9.17) is 34.6 Å². The highest BCUT2D eigenvalue weighted by atomic mass is 31.2. The third-order valence-electron chi connectivity index (χ3n) is 0.836. The van der Waals surface area contributed by atoms with Crippen molar-refractivity contribution in [3.63, 3.8) is 0 Å². The lowest BCUT2D eigenvalue weighted by molar-refractivity contribution is -0.132. The molecule has 0 aromatic rings. The molecule has 0 atom stereocenters. The summed E-state index contributed by atoms with van der Waals surface area (Å²) in [5.74, 6) is -0.935. The summed E-state index contributed by atoms with van der Waals surface area (Å²) in [6.45, 7) is 5.30. The van der Waals surface area contributed by atoms with Crippen molar-refractivity contribution in [1.29, 1.82) is 0 Å². The fourth-order valence-electron chi connectivity index (χ4n) is 0.231. The van der Waals surface area contributed by atoms with E-state index >= 15 is 0 Å². The number of aliphatic carboxylic acids is 1. The Morgan fingerprint density at radius 3 is 1.50 bits per heavy atom. The van der Waals surface area contributed by atoms with Crippen LogP contribution in [0, 0.1) is 0 Å². The van der Waals surface area contributed by atoms with Crippen LogP contribution in [-0.4, -0.2) is 62.4 Å². The average Bonchev–Trinajstić information content (AvgIpc) is 2.17. The van der Waals surface area contributed by atoms with Crippen molar-refractivity contribution in [2.75, 3.05) is 26.4 Å². The molecule has 110 valence electrons. The van der Waals surface area contributed by atoms with Gasteiger partial charge in [0.1, 0.15) is 0 Å². The quantitative estimate of drug-likeness (QED) is 0.205. The van der Waals surface area contributed by atoms with Crippen LogP contribution in [-0.2, 0) is 14.1 Å². The molecule has 0 saturated heterocycles. The summed E-state index contributed by atoms with van der Waals surface area (Å²) in [5.41, 5.74) is 0.176. The smallest absolute Gasteiger partial charge is 0.466 e. The number of carbonyl (C=O) groups is 1. The van der Waals surface area contributed by atoms with Crippen molar-refractivity contribution in [1.82, 2.24) is 0 Å². The first-order valence-corrected chi connectivity index (χ1v) is 6.09. The van der Waals surface area contributed by atoms with Gasteiger partial charge in [-0.2, -0.15) is 0 Å². The number of phosphoric acid groups is 1. The third-order valence-corrected chi connectivity index (χ3v) is 0.836. The third kappa shape index (κ3) is 59.1. The van der Waals surface area contributed by atoms with Crippen molar-refractivity contribution in [3.05, 3.63) is 12.2 Å². The normalized spacial score (nSPS) is 9.44. The van der Waals surface area contributed by atoms with Gasteiger partial charge < -0.3 is 34.7 Å². The highest BCUT2D eigenvalue weighted by Gasteiger charge is 2.00. The van der Waals surface area contributed by atoms with Gasteiger partial charge in [-0.05, 0) is 6.92 Å². The Morgan fingerprint density at radius 2 is 1.39 bits per heavy atom. The van der Waals surface area contributed by atoms with Crippen LogP contribution in [0.5, 0.6) is 0 Å². The molecule has 0 unspecified atom stereocenters. The van der Waals surface area contributed by atoms with Gasteiger partial charge in [-0.15, -0.1) is 0 Å². The van der Waals surface area contributed by atoms with E-state index in [-0.39, 0.29) is 18.8 Å². The molecule has 0 rings (SSSR count). The van der Waals surface area contributed by atoms with Crippen LogP contribution in [0.25, 0.3) is 0 Å².